The molecular formula is C16H32N2O2. The van der Waals surface area contributed by atoms with Gasteiger partial charge in [0.25, 0.3) is 0 Å². The smallest absolute Gasteiger partial charge is 0.326 e. The second-order valence-electron chi connectivity index (χ2n) is 6.83. The maximum atomic E-state index is 12.4. The lowest BCUT2D eigenvalue weighted by atomic mass is 9.96. The van der Waals surface area contributed by atoms with Crippen molar-refractivity contribution in [2.24, 2.45) is 5.92 Å². The van der Waals surface area contributed by atoms with E-state index in [0.29, 0.717) is 18.6 Å². The summed E-state index contributed by atoms with van der Waals surface area (Å²) in [7, 11) is 2.17. The summed E-state index contributed by atoms with van der Waals surface area (Å²) in [5.74, 6) is 0.574. The molecule has 2 atom stereocenters. The molecule has 1 rings (SSSR count). The molecule has 118 valence electrons. The van der Waals surface area contributed by atoms with Crippen molar-refractivity contribution >= 4 is 5.97 Å². The highest BCUT2D eigenvalue weighted by Crippen LogP contribution is 2.34. The van der Waals surface area contributed by atoms with Gasteiger partial charge in [0.15, 0.2) is 0 Å². The first-order valence-electron chi connectivity index (χ1n) is 7.96. The zero-order chi connectivity index (χ0) is 15.3. The summed E-state index contributed by atoms with van der Waals surface area (Å²) in [6.07, 6.45) is 2.78. The topological polar surface area (TPSA) is 41.6 Å². The van der Waals surface area contributed by atoms with Crippen LogP contribution in [0.2, 0.25) is 0 Å². The van der Waals surface area contributed by atoms with Gasteiger partial charge in [-0.05, 0) is 53.0 Å². The van der Waals surface area contributed by atoms with E-state index in [4.69, 9.17) is 4.74 Å². The molecule has 4 heteroatoms. The normalized spacial score (nSPS) is 26.8. The Morgan fingerprint density at radius 3 is 2.55 bits per heavy atom. The number of carbonyl (C=O) groups is 1. The second kappa shape index (κ2) is 7.41. The third-order valence-corrected chi connectivity index (χ3v) is 4.00. The van der Waals surface area contributed by atoms with Crippen LogP contribution in [-0.4, -0.2) is 48.7 Å². The van der Waals surface area contributed by atoms with Crippen LogP contribution in [0.15, 0.2) is 0 Å². The number of ether oxygens (including phenoxy) is 1. The van der Waals surface area contributed by atoms with Crippen molar-refractivity contribution in [2.75, 3.05) is 20.2 Å². The van der Waals surface area contributed by atoms with Crippen LogP contribution in [0.1, 0.15) is 53.9 Å². The summed E-state index contributed by atoms with van der Waals surface area (Å²) in [4.78, 5) is 14.8. The molecule has 1 saturated carbocycles. The van der Waals surface area contributed by atoms with E-state index >= 15 is 0 Å². The molecule has 0 spiro atoms. The second-order valence-corrected chi connectivity index (χ2v) is 6.83. The zero-order valence-corrected chi connectivity index (χ0v) is 14.0. The maximum Gasteiger partial charge on any atom is 0.326 e. The first-order valence-corrected chi connectivity index (χ1v) is 7.96. The third-order valence-electron chi connectivity index (χ3n) is 4.00. The van der Waals surface area contributed by atoms with Gasteiger partial charge < -0.3 is 9.64 Å². The number of carbonyl (C=O) groups excluding carboxylic acids is 1. The van der Waals surface area contributed by atoms with Crippen LogP contribution in [-0.2, 0) is 9.53 Å². The van der Waals surface area contributed by atoms with E-state index < -0.39 is 5.54 Å². The Morgan fingerprint density at radius 2 is 2.05 bits per heavy atom. The van der Waals surface area contributed by atoms with Crippen LogP contribution in [0, 0.1) is 5.92 Å². The SMILES string of the molecule is CCOC(=O)C1(NC(C)C)CCC(N(C)CC(C)C)C1. The fraction of sp³-hybridized carbons (Fsp3) is 0.938. The highest BCUT2D eigenvalue weighted by molar-refractivity contribution is 5.81. The van der Waals surface area contributed by atoms with E-state index in [1.165, 1.54) is 0 Å². The quantitative estimate of drug-likeness (QED) is 0.729. The van der Waals surface area contributed by atoms with E-state index in [1.54, 1.807) is 0 Å². The number of nitrogens with zero attached hydrogens (tertiary/aromatic N) is 1. The summed E-state index contributed by atoms with van der Waals surface area (Å²) in [5, 5.41) is 3.48. The molecule has 20 heavy (non-hydrogen) atoms. The lowest BCUT2D eigenvalue weighted by Crippen LogP contribution is -2.54. The number of hydrogen-bond donors (Lipinski definition) is 1. The van der Waals surface area contributed by atoms with Crippen LogP contribution < -0.4 is 5.32 Å². The third kappa shape index (κ3) is 4.45. The van der Waals surface area contributed by atoms with Crippen molar-refractivity contribution in [3.05, 3.63) is 0 Å². The lowest BCUT2D eigenvalue weighted by molar-refractivity contribution is -0.151. The zero-order valence-electron chi connectivity index (χ0n) is 14.0. The van der Waals surface area contributed by atoms with Gasteiger partial charge in [0.2, 0.25) is 0 Å². The van der Waals surface area contributed by atoms with E-state index in [1.807, 2.05) is 6.92 Å². The molecule has 1 fully saturated rings. The number of rotatable bonds is 7. The van der Waals surface area contributed by atoms with Crippen LogP contribution >= 0.6 is 0 Å². The standard InChI is InChI=1S/C16H32N2O2/c1-7-20-15(19)16(17-13(4)5)9-8-14(10-16)18(6)11-12(2)3/h12-14,17H,7-11H2,1-6H3. The van der Waals surface area contributed by atoms with Crippen LogP contribution in [0.5, 0.6) is 0 Å². The highest BCUT2D eigenvalue weighted by atomic mass is 16.5. The van der Waals surface area contributed by atoms with Gasteiger partial charge in [-0.25, -0.2) is 0 Å². The molecule has 0 heterocycles. The fourth-order valence-electron chi connectivity index (χ4n) is 3.32. The minimum atomic E-state index is -0.486. The van der Waals surface area contributed by atoms with Crippen molar-refractivity contribution in [1.29, 1.82) is 0 Å². The minimum Gasteiger partial charge on any atom is -0.465 e. The molecular weight excluding hydrogens is 252 g/mol. The molecule has 0 radical (unpaired) electrons. The Labute approximate surface area is 124 Å². The predicted octanol–water partition coefficient (Wildman–Crippen LogP) is 2.43. The minimum absolute atomic E-state index is 0.0749. The van der Waals surface area contributed by atoms with Gasteiger partial charge in [0.05, 0.1) is 6.61 Å². The average Bonchev–Trinajstić information content (AvgIpc) is 2.73. The van der Waals surface area contributed by atoms with Gasteiger partial charge in [-0.3, -0.25) is 10.1 Å². The highest BCUT2D eigenvalue weighted by Gasteiger charge is 2.47. The number of hydrogen-bond acceptors (Lipinski definition) is 4. The Kier molecular flexibility index (Phi) is 6.46. The molecule has 0 saturated heterocycles. The Bertz CT molecular complexity index is 318. The summed E-state index contributed by atoms with van der Waals surface area (Å²) in [6, 6.07) is 0.751. The molecule has 0 aromatic rings. The van der Waals surface area contributed by atoms with Crippen molar-refractivity contribution in [2.45, 2.75) is 71.5 Å². The van der Waals surface area contributed by atoms with Gasteiger partial charge in [-0.2, -0.15) is 0 Å². The molecule has 0 aromatic heterocycles. The summed E-state index contributed by atoms with van der Waals surface area (Å²) in [6.45, 7) is 12.0. The molecule has 2 unspecified atom stereocenters. The lowest BCUT2D eigenvalue weighted by Gasteiger charge is -2.32. The number of esters is 1. The van der Waals surface area contributed by atoms with Crippen LogP contribution in [0.3, 0.4) is 0 Å². The van der Waals surface area contributed by atoms with Gasteiger partial charge in [0.1, 0.15) is 5.54 Å². The van der Waals surface area contributed by atoms with E-state index in [9.17, 15) is 4.79 Å². The fourth-order valence-corrected chi connectivity index (χ4v) is 3.32. The van der Waals surface area contributed by atoms with E-state index in [0.717, 1.165) is 25.8 Å². The van der Waals surface area contributed by atoms with Crippen molar-refractivity contribution < 1.29 is 9.53 Å². The number of nitrogens with one attached hydrogen (secondary N) is 1. The molecule has 0 bridgehead atoms. The van der Waals surface area contributed by atoms with E-state index in [2.05, 4.69) is 45.0 Å². The predicted molar refractivity (Wildman–Crippen MR) is 82.7 cm³/mol. The Hall–Kier alpha value is -0.610. The largest absolute Gasteiger partial charge is 0.465 e. The Balaban J connectivity index is 2.75. The molecule has 1 aliphatic carbocycles. The summed E-state index contributed by atoms with van der Waals surface area (Å²) >= 11 is 0. The first kappa shape index (κ1) is 17.4. The molecule has 0 aromatic carbocycles. The molecule has 4 nitrogen and oxygen atoms in total. The molecule has 1 N–H and O–H groups in total. The monoisotopic (exact) mass is 284 g/mol. The van der Waals surface area contributed by atoms with Crippen molar-refractivity contribution in [3.63, 3.8) is 0 Å². The summed E-state index contributed by atoms with van der Waals surface area (Å²) < 4.78 is 5.32. The average molecular weight is 284 g/mol. The van der Waals surface area contributed by atoms with Crippen molar-refractivity contribution in [3.8, 4) is 0 Å². The Morgan fingerprint density at radius 1 is 1.40 bits per heavy atom. The van der Waals surface area contributed by atoms with Crippen LogP contribution in [0.4, 0.5) is 0 Å². The maximum absolute atomic E-state index is 12.4. The molecule has 0 amide bonds. The van der Waals surface area contributed by atoms with Gasteiger partial charge in [-0.1, -0.05) is 13.8 Å². The van der Waals surface area contributed by atoms with E-state index in [-0.39, 0.29) is 12.0 Å². The van der Waals surface area contributed by atoms with Crippen LogP contribution in [0.25, 0.3) is 0 Å². The first-order chi connectivity index (χ1) is 9.30. The van der Waals surface area contributed by atoms with Crippen molar-refractivity contribution in [1.82, 2.24) is 10.2 Å². The molecule has 0 aliphatic heterocycles. The van der Waals surface area contributed by atoms with Gasteiger partial charge in [-0.15, -0.1) is 0 Å². The molecule has 1 aliphatic rings. The van der Waals surface area contributed by atoms with Gasteiger partial charge in [0, 0.05) is 18.6 Å². The van der Waals surface area contributed by atoms with Gasteiger partial charge >= 0.3 is 5.97 Å². The summed E-state index contributed by atoms with van der Waals surface area (Å²) in [5.41, 5.74) is -0.486.